The summed E-state index contributed by atoms with van der Waals surface area (Å²) in [4.78, 5) is 34.6. The normalized spacial score (nSPS) is 11.5. The quantitative estimate of drug-likeness (QED) is 0.363. The lowest BCUT2D eigenvalue weighted by atomic mass is 9.99. The third-order valence-corrected chi connectivity index (χ3v) is 6.20. The predicted octanol–water partition coefficient (Wildman–Crippen LogP) is 4.14. The smallest absolute Gasteiger partial charge is 0.266 e. The van der Waals surface area contributed by atoms with Crippen molar-refractivity contribution in [3.05, 3.63) is 103 Å². The van der Waals surface area contributed by atoms with Crippen LogP contribution in [-0.4, -0.2) is 31.3 Å². The van der Waals surface area contributed by atoms with Crippen molar-refractivity contribution in [3.63, 3.8) is 0 Å². The lowest BCUT2D eigenvalue weighted by Gasteiger charge is -2.22. The first kappa shape index (κ1) is 27.9. The van der Waals surface area contributed by atoms with Crippen LogP contribution in [0.3, 0.4) is 0 Å². The minimum Gasteiger partial charge on any atom is -0.495 e. The van der Waals surface area contributed by atoms with Gasteiger partial charge in [0.25, 0.3) is 11.1 Å². The van der Waals surface area contributed by atoms with Crippen LogP contribution in [0.25, 0.3) is 11.5 Å². The second-order valence-electron chi connectivity index (χ2n) is 9.33. The first-order valence-electron chi connectivity index (χ1n) is 11.7. The molecule has 204 valence electrons. The van der Waals surface area contributed by atoms with Crippen molar-refractivity contribution in [1.29, 1.82) is 0 Å². The Kier molecular flexibility index (Phi) is 7.58. The molecule has 4 rings (SSSR count). The van der Waals surface area contributed by atoms with Crippen molar-refractivity contribution >= 4 is 11.6 Å². The van der Waals surface area contributed by atoms with Gasteiger partial charge in [0, 0.05) is 42.4 Å². The molecule has 0 fully saturated rings. The van der Waals surface area contributed by atoms with E-state index in [1.54, 1.807) is 26.0 Å². The lowest BCUT2D eigenvalue weighted by molar-refractivity contribution is 0.0737. The van der Waals surface area contributed by atoms with Crippen molar-refractivity contribution in [3.8, 4) is 23.0 Å². The topological polar surface area (TPSA) is 108 Å². The van der Waals surface area contributed by atoms with Gasteiger partial charge in [-0.05, 0) is 33.3 Å². The van der Waals surface area contributed by atoms with Gasteiger partial charge < -0.3 is 14.6 Å². The number of rotatable bonds is 7. The van der Waals surface area contributed by atoms with Crippen LogP contribution < -0.4 is 20.6 Å². The van der Waals surface area contributed by atoms with Gasteiger partial charge in [-0.3, -0.25) is 23.7 Å². The number of pyridine rings is 4. The maximum Gasteiger partial charge on any atom is 0.266 e. The van der Waals surface area contributed by atoms with Crippen molar-refractivity contribution in [2.24, 2.45) is 0 Å². The standard InChI is InChI=1S/C27H25ClF2N4O5/c1-14-10-32-22(33-12-18(28)25(38-5)24(26(33)36)27(3,4)37)9-21(14)34-15(2)6-17(8-23(34)35)39-13-20-19(30)7-16(29)11-31-20/h6-12,37H,13H2,1-5H3. The summed E-state index contributed by atoms with van der Waals surface area (Å²) in [7, 11) is 1.34. The highest BCUT2D eigenvalue weighted by molar-refractivity contribution is 6.32. The van der Waals surface area contributed by atoms with Gasteiger partial charge in [-0.25, -0.2) is 13.8 Å². The van der Waals surface area contributed by atoms with Crippen LogP contribution in [0.4, 0.5) is 8.78 Å². The van der Waals surface area contributed by atoms with E-state index in [-0.39, 0.29) is 40.2 Å². The van der Waals surface area contributed by atoms with E-state index in [2.05, 4.69) is 9.97 Å². The van der Waals surface area contributed by atoms with Gasteiger partial charge in [0.15, 0.2) is 11.6 Å². The fourth-order valence-corrected chi connectivity index (χ4v) is 4.39. The van der Waals surface area contributed by atoms with Crippen molar-refractivity contribution in [1.82, 2.24) is 19.1 Å². The van der Waals surface area contributed by atoms with E-state index in [9.17, 15) is 23.5 Å². The molecule has 0 atom stereocenters. The molecule has 1 N–H and O–H groups in total. The highest BCUT2D eigenvalue weighted by Crippen LogP contribution is 2.33. The SMILES string of the molecule is COc1c(Cl)cn(-c2cc(-n3c(C)cc(OCc4ncc(F)cc4F)cc3=O)c(C)cn2)c(=O)c1C(C)(C)O. The Hall–Kier alpha value is -4.09. The number of aryl methyl sites for hydroxylation is 2. The average Bonchev–Trinajstić information content (AvgIpc) is 2.84. The summed E-state index contributed by atoms with van der Waals surface area (Å²) in [6.07, 6.45) is 3.70. The molecule has 0 unspecified atom stereocenters. The van der Waals surface area contributed by atoms with Gasteiger partial charge in [-0.1, -0.05) is 11.6 Å². The van der Waals surface area contributed by atoms with Gasteiger partial charge >= 0.3 is 0 Å². The Labute approximate surface area is 226 Å². The molecule has 0 bridgehead atoms. The van der Waals surface area contributed by atoms with Crippen molar-refractivity contribution in [2.75, 3.05) is 7.11 Å². The highest BCUT2D eigenvalue weighted by atomic mass is 35.5. The molecule has 0 saturated carbocycles. The van der Waals surface area contributed by atoms with Crippen LogP contribution >= 0.6 is 11.6 Å². The van der Waals surface area contributed by atoms with E-state index < -0.39 is 28.4 Å². The number of nitrogens with zero attached hydrogens (tertiary/aromatic N) is 4. The molecule has 0 aliphatic carbocycles. The zero-order valence-electron chi connectivity index (χ0n) is 21.8. The Balaban J connectivity index is 1.76. The molecule has 0 aliphatic rings. The summed E-state index contributed by atoms with van der Waals surface area (Å²) in [5.74, 6) is -1.30. The first-order valence-corrected chi connectivity index (χ1v) is 12.1. The zero-order valence-corrected chi connectivity index (χ0v) is 22.5. The Morgan fingerprint density at radius 1 is 1.08 bits per heavy atom. The molecule has 0 amide bonds. The largest absolute Gasteiger partial charge is 0.495 e. The molecule has 0 saturated heterocycles. The molecular formula is C27H25ClF2N4O5. The molecule has 0 spiro atoms. The van der Waals surface area contributed by atoms with Gasteiger partial charge in [0.1, 0.15) is 29.7 Å². The summed E-state index contributed by atoms with van der Waals surface area (Å²) >= 11 is 6.37. The summed E-state index contributed by atoms with van der Waals surface area (Å²) in [5.41, 5.74) is -1.25. The number of aliphatic hydroxyl groups is 1. The van der Waals surface area contributed by atoms with Crippen LogP contribution in [-0.2, 0) is 12.2 Å². The third-order valence-electron chi connectivity index (χ3n) is 5.93. The number of hydrogen-bond donors (Lipinski definition) is 1. The zero-order chi connectivity index (χ0) is 28.6. The molecule has 4 aromatic rings. The van der Waals surface area contributed by atoms with Gasteiger partial charge in [0.05, 0.1) is 35.2 Å². The molecule has 12 heteroatoms. The summed E-state index contributed by atoms with van der Waals surface area (Å²) in [5, 5.41) is 10.7. The monoisotopic (exact) mass is 558 g/mol. The van der Waals surface area contributed by atoms with E-state index in [1.165, 1.54) is 48.6 Å². The summed E-state index contributed by atoms with van der Waals surface area (Å²) < 4.78 is 40.4. The van der Waals surface area contributed by atoms with Crippen molar-refractivity contribution < 1.29 is 23.4 Å². The third kappa shape index (κ3) is 5.55. The maximum atomic E-state index is 13.9. The van der Waals surface area contributed by atoms with Crippen LogP contribution in [0.2, 0.25) is 5.02 Å². The van der Waals surface area contributed by atoms with Crippen LogP contribution in [0, 0.1) is 25.5 Å². The minimum absolute atomic E-state index is 0.0520. The van der Waals surface area contributed by atoms with Gasteiger partial charge in [-0.15, -0.1) is 0 Å². The number of ether oxygens (including phenoxy) is 2. The Bertz CT molecular complexity index is 1700. The molecular weight excluding hydrogens is 534 g/mol. The highest BCUT2D eigenvalue weighted by Gasteiger charge is 2.29. The van der Waals surface area contributed by atoms with E-state index in [0.717, 1.165) is 6.20 Å². The van der Waals surface area contributed by atoms with Gasteiger partial charge in [-0.2, -0.15) is 0 Å². The number of aromatic nitrogens is 4. The number of halogens is 3. The van der Waals surface area contributed by atoms with Crippen LogP contribution in [0.15, 0.2) is 52.4 Å². The first-order chi connectivity index (χ1) is 18.3. The molecule has 0 radical (unpaired) electrons. The Morgan fingerprint density at radius 2 is 1.79 bits per heavy atom. The fraction of sp³-hybridized carbons (Fsp3) is 0.259. The van der Waals surface area contributed by atoms with Crippen LogP contribution in [0.1, 0.15) is 36.4 Å². The predicted molar refractivity (Wildman–Crippen MR) is 140 cm³/mol. The van der Waals surface area contributed by atoms with Crippen LogP contribution in [0.5, 0.6) is 11.5 Å². The summed E-state index contributed by atoms with van der Waals surface area (Å²) in [6, 6.07) is 5.03. The van der Waals surface area contributed by atoms with E-state index in [4.69, 9.17) is 21.1 Å². The van der Waals surface area contributed by atoms with E-state index in [1.807, 2.05) is 0 Å². The fourth-order valence-electron chi connectivity index (χ4n) is 4.12. The summed E-state index contributed by atoms with van der Waals surface area (Å²) in [6.45, 7) is 5.99. The lowest BCUT2D eigenvalue weighted by Crippen LogP contribution is -2.32. The minimum atomic E-state index is -1.57. The second kappa shape index (κ2) is 10.6. The van der Waals surface area contributed by atoms with E-state index >= 15 is 0 Å². The number of hydrogen-bond acceptors (Lipinski definition) is 7. The maximum absolute atomic E-state index is 13.9. The second-order valence-corrected chi connectivity index (χ2v) is 9.73. The molecule has 0 aliphatic heterocycles. The van der Waals surface area contributed by atoms with E-state index in [0.29, 0.717) is 23.0 Å². The Morgan fingerprint density at radius 3 is 2.41 bits per heavy atom. The molecule has 39 heavy (non-hydrogen) atoms. The average molecular weight is 559 g/mol. The van der Waals surface area contributed by atoms with Crippen molar-refractivity contribution in [2.45, 2.75) is 39.9 Å². The molecule has 4 aromatic heterocycles. The number of methoxy groups -OCH3 is 1. The van der Waals surface area contributed by atoms with Gasteiger partial charge in [0.2, 0.25) is 0 Å². The molecule has 9 nitrogen and oxygen atoms in total. The molecule has 4 heterocycles. The molecule has 0 aromatic carbocycles.